The standard InChI is InChI=1S/C15H16BrFN2O3/c16-11-7-8(17)6-10(14(20)18-9-3-4-9)13(11)19-15(21)12-2-1-5-22-12/h6-7,9,12H,1-5H2,(H,18,20)(H,19,21)/t12-/m1/s1. The van der Waals surface area contributed by atoms with Gasteiger partial charge in [0.15, 0.2) is 0 Å². The lowest BCUT2D eigenvalue weighted by Gasteiger charge is -2.15. The van der Waals surface area contributed by atoms with E-state index in [1.165, 1.54) is 6.07 Å². The van der Waals surface area contributed by atoms with Crippen LogP contribution in [0.2, 0.25) is 0 Å². The molecule has 1 aromatic carbocycles. The van der Waals surface area contributed by atoms with Crippen LogP contribution in [-0.2, 0) is 9.53 Å². The third-order valence-corrected chi connectivity index (χ3v) is 4.31. The van der Waals surface area contributed by atoms with Crippen LogP contribution in [0.4, 0.5) is 10.1 Å². The zero-order chi connectivity index (χ0) is 15.7. The zero-order valence-corrected chi connectivity index (χ0v) is 13.4. The quantitative estimate of drug-likeness (QED) is 0.855. The van der Waals surface area contributed by atoms with Crippen molar-refractivity contribution in [1.82, 2.24) is 5.32 Å². The minimum atomic E-state index is -0.539. The fourth-order valence-corrected chi connectivity index (χ4v) is 2.89. The lowest BCUT2D eigenvalue weighted by atomic mass is 10.1. The first-order valence-corrected chi connectivity index (χ1v) is 8.06. The molecule has 22 heavy (non-hydrogen) atoms. The van der Waals surface area contributed by atoms with Crippen LogP contribution in [-0.4, -0.2) is 30.6 Å². The van der Waals surface area contributed by atoms with E-state index in [4.69, 9.17) is 4.74 Å². The van der Waals surface area contributed by atoms with Crippen LogP contribution in [0.1, 0.15) is 36.0 Å². The molecule has 1 atom stereocenters. The number of carbonyl (C=O) groups is 2. The number of rotatable bonds is 4. The van der Waals surface area contributed by atoms with Gasteiger partial charge in [0.2, 0.25) is 0 Å². The maximum atomic E-state index is 13.6. The number of halogens is 2. The van der Waals surface area contributed by atoms with E-state index in [2.05, 4.69) is 26.6 Å². The molecular formula is C15H16BrFN2O3. The fraction of sp³-hybridized carbons (Fsp3) is 0.467. The number of hydrogen-bond donors (Lipinski definition) is 2. The van der Waals surface area contributed by atoms with E-state index in [0.29, 0.717) is 17.5 Å². The van der Waals surface area contributed by atoms with Crippen LogP contribution in [0, 0.1) is 5.82 Å². The molecule has 0 unspecified atom stereocenters. The summed E-state index contributed by atoms with van der Waals surface area (Å²) in [5.41, 5.74) is 0.394. The molecule has 118 valence electrons. The number of ether oxygens (including phenoxy) is 1. The van der Waals surface area contributed by atoms with Gasteiger partial charge >= 0.3 is 0 Å². The van der Waals surface area contributed by atoms with E-state index >= 15 is 0 Å². The van der Waals surface area contributed by atoms with E-state index in [1.807, 2.05) is 0 Å². The van der Waals surface area contributed by atoms with E-state index < -0.39 is 11.9 Å². The Morgan fingerprint density at radius 2 is 2.05 bits per heavy atom. The molecule has 1 aliphatic heterocycles. The molecule has 1 aromatic rings. The molecule has 3 rings (SSSR count). The summed E-state index contributed by atoms with van der Waals surface area (Å²) >= 11 is 3.21. The van der Waals surface area contributed by atoms with Crippen LogP contribution in [0.25, 0.3) is 0 Å². The van der Waals surface area contributed by atoms with Gasteiger partial charge in [-0.15, -0.1) is 0 Å². The lowest BCUT2D eigenvalue weighted by molar-refractivity contribution is -0.124. The predicted molar refractivity (Wildman–Crippen MR) is 82.2 cm³/mol. The summed E-state index contributed by atoms with van der Waals surface area (Å²) in [5, 5.41) is 5.48. The normalized spacial score (nSPS) is 20.7. The van der Waals surface area contributed by atoms with Crippen molar-refractivity contribution < 1.29 is 18.7 Å². The molecule has 0 spiro atoms. The molecule has 0 aromatic heterocycles. The van der Waals surface area contributed by atoms with Crippen LogP contribution in [0.15, 0.2) is 16.6 Å². The van der Waals surface area contributed by atoms with Crippen LogP contribution in [0.3, 0.4) is 0 Å². The molecule has 1 heterocycles. The summed E-state index contributed by atoms with van der Waals surface area (Å²) < 4.78 is 19.3. The summed E-state index contributed by atoms with van der Waals surface area (Å²) in [6.07, 6.45) is 2.82. The van der Waals surface area contributed by atoms with Crippen molar-refractivity contribution in [3.8, 4) is 0 Å². The third-order valence-electron chi connectivity index (χ3n) is 3.68. The highest BCUT2D eigenvalue weighted by Gasteiger charge is 2.28. The largest absolute Gasteiger partial charge is 0.368 e. The topological polar surface area (TPSA) is 67.4 Å². The first-order chi connectivity index (χ1) is 10.5. The fourth-order valence-electron chi connectivity index (χ4n) is 2.36. The Kier molecular flexibility index (Phi) is 4.44. The van der Waals surface area contributed by atoms with Crippen molar-refractivity contribution in [3.63, 3.8) is 0 Å². The first kappa shape index (κ1) is 15.4. The van der Waals surface area contributed by atoms with Crippen molar-refractivity contribution in [2.45, 2.75) is 37.8 Å². The highest BCUT2D eigenvalue weighted by molar-refractivity contribution is 9.10. The van der Waals surface area contributed by atoms with Crippen LogP contribution in [0.5, 0.6) is 0 Å². The van der Waals surface area contributed by atoms with Gasteiger partial charge in [-0.3, -0.25) is 9.59 Å². The minimum Gasteiger partial charge on any atom is -0.368 e. The Hall–Kier alpha value is -1.47. The van der Waals surface area contributed by atoms with E-state index in [-0.39, 0.29) is 29.1 Å². The maximum absolute atomic E-state index is 13.6. The van der Waals surface area contributed by atoms with Gasteiger partial charge in [-0.05, 0) is 53.7 Å². The van der Waals surface area contributed by atoms with Crippen LogP contribution >= 0.6 is 15.9 Å². The second kappa shape index (κ2) is 6.34. The van der Waals surface area contributed by atoms with Gasteiger partial charge in [-0.2, -0.15) is 0 Å². The number of nitrogens with one attached hydrogen (secondary N) is 2. The number of hydrogen-bond acceptors (Lipinski definition) is 3. The van der Waals surface area contributed by atoms with Gasteiger partial charge in [-0.25, -0.2) is 4.39 Å². The molecule has 5 nitrogen and oxygen atoms in total. The number of carbonyl (C=O) groups excluding carboxylic acids is 2. The SMILES string of the molecule is O=C(NC1CC1)c1cc(F)cc(Br)c1NC(=O)[C@H]1CCCO1. The first-order valence-electron chi connectivity index (χ1n) is 7.27. The highest BCUT2D eigenvalue weighted by atomic mass is 79.9. The van der Waals surface area contributed by atoms with Gasteiger partial charge in [0.25, 0.3) is 11.8 Å². The Balaban J connectivity index is 1.84. The third kappa shape index (κ3) is 3.47. The monoisotopic (exact) mass is 370 g/mol. The maximum Gasteiger partial charge on any atom is 0.253 e. The van der Waals surface area contributed by atoms with Gasteiger partial charge in [0, 0.05) is 17.1 Å². The van der Waals surface area contributed by atoms with Crippen molar-refractivity contribution in [2.24, 2.45) is 0 Å². The number of anilines is 1. The molecular weight excluding hydrogens is 355 g/mol. The molecule has 2 aliphatic rings. The smallest absolute Gasteiger partial charge is 0.253 e. The van der Waals surface area contributed by atoms with Crippen molar-refractivity contribution >= 4 is 33.4 Å². The summed E-state index contributed by atoms with van der Waals surface area (Å²) in [6.45, 7) is 0.553. The van der Waals surface area contributed by atoms with E-state index in [9.17, 15) is 14.0 Å². The Bertz CT molecular complexity index is 613. The predicted octanol–water partition coefficient (Wildman–Crippen LogP) is 2.60. The Morgan fingerprint density at radius 3 is 2.68 bits per heavy atom. The molecule has 2 amide bonds. The molecule has 1 aliphatic carbocycles. The minimum absolute atomic E-state index is 0.116. The Morgan fingerprint density at radius 1 is 1.27 bits per heavy atom. The average Bonchev–Trinajstić information content (AvgIpc) is 3.11. The average molecular weight is 371 g/mol. The van der Waals surface area contributed by atoms with Gasteiger partial charge < -0.3 is 15.4 Å². The second-order valence-corrected chi connectivity index (χ2v) is 6.40. The molecule has 0 bridgehead atoms. The van der Waals surface area contributed by atoms with Gasteiger partial charge in [0.05, 0.1) is 11.3 Å². The van der Waals surface area contributed by atoms with E-state index in [1.54, 1.807) is 0 Å². The highest BCUT2D eigenvalue weighted by Crippen LogP contribution is 2.30. The number of benzene rings is 1. The second-order valence-electron chi connectivity index (χ2n) is 5.55. The summed E-state index contributed by atoms with van der Waals surface area (Å²) in [5.74, 6) is -1.24. The molecule has 7 heteroatoms. The molecule has 1 saturated carbocycles. The molecule has 0 radical (unpaired) electrons. The van der Waals surface area contributed by atoms with Crippen molar-refractivity contribution in [3.05, 3.63) is 28.0 Å². The van der Waals surface area contributed by atoms with Crippen LogP contribution < -0.4 is 10.6 Å². The van der Waals surface area contributed by atoms with Crippen molar-refractivity contribution in [1.29, 1.82) is 0 Å². The lowest BCUT2D eigenvalue weighted by Crippen LogP contribution is -2.30. The summed E-state index contributed by atoms with van der Waals surface area (Å²) in [6, 6.07) is 2.50. The molecule has 2 N–H and O–H groups in total. The van der Waals surface area contributed by atoms with E-state index in [0.717, 1.165) is 25.3 Å². The van der Waals surface area contributed by atoms with Gasteiger partial charge in [0.1, 0.15) is 11.9 Å². The molecule has 2 fully saturated rings. The zero-order valence-electron chi connectivity index (χ0n) is 11.8. The molecule has 1 saturated heterocycles. The Labute approximate surface area is 135 Å². The number of amides is 2. The van der Waals surface area contributed by atoms with Crippen molar-refractivity contribution in [2.75, 3.05) is 11.9 Å². The summed E-state index contributed by atoms with van der Waals surface area (Å²) in [7, 11) is 0. The van der Waals surface area contributed by atoms with Gasteiger partial charge in [-0.1, -0.05) is 0 Å². The summed E-state index contributed by atoms with van der Waals surface area (Å²) in [4.78, 5) is 24.4.